The van der Waals surface area contributed by atoms with Gasteiger partial charge in [-0.25, -0.2) is 0 Å². The fourth-order valence-corrected chi connectivity index (χ4v) is 2.62. The van der Waals surface area contributed by atoms with Crippen molar-refractivity contribution in [1.29, 1.82) is 0 Å². The Balaban J connectivity index is 1.52. The number of esters is 1. The van der Waals surface area contributed by atoms with Crippen LogP contribution in [0.15, 0.2) is 33.3 Å². The van der Waals surface area contributed by atoms with E-state index in [0.29, 0.717) is 12.2 Å². The zero-order chi connectivity index (χ0) is 18.5. The molecule has 2 heterocycles. The van der Waals surface area contributed by atoms with Crippen molar-refractivity contribution in [2.75, 3.05) is 0 Å². The standard InChI is InChI=1S/C19H21N3O4/c1-4-14-5-7-15(8-6-14)19-20-17(26-22-19)11-24-18(23)10-9-16-12(2)21-25-13(16)3/h5-8H,4,9-11H2,1-3H3. The van der Waals surface area contributed by atoms with Gasteiger partial charge in [0.1, 0.15) is 5.76 Å². The summed E-state index contributed by atoms with van der Waals surface area (Å²) in [5, 5.41) is 7.80. The third kappa shape index (κ3) is 4.17. The van der Waals surface area contributed by atoms with Gasteiger partial charge in [-0.15, -0.1) is 0 Å². The van der Waals surface area contributed by atoms with E-state index < -0.39 is 0 Å². The Bertz CT molecular complexity index is 861. The minimum Gasteiger partial charge on any atom is -0.456 e. The summed E-state index contributed by atoms with van der Waals surface area (Å²) in [5.41, 5.74) is 3.84. The van der Waals surface area contributed by atoms with Crippen LogP contribution in [0.3, 0.4) is 0 Å². The van der Waals surface area contributed by atoms with E-state index >= 15 is 0 Å². The molecule has 0 aliphatic carbocycles. The van der Waals surface area contributed by atoms with Crippen LogP contribution in [0.1, 0.15) is 41.8 Å². The van der Waals surface area contributed by atoms with Crippen molar-refractivity contribution in [3.05, 3.63) is 52.7 Å². The first-order valence-electron chi connectivity index (χ1n) is 8.56. The first kappa shape index (κ1) is 17.8. The molecule has 7 nitrogen and oxygen atoms in total. The number of benzene rings is 1. The highest BCUT2D eigenvalue weighted by Gasteiger charge is 2.14. The molecule has 0 saturated heterocycles. The molecule has 3 aromatic rings. The topological polar surface area (TPSA) is 91.2 Å². The maximum absolute atomic E-state index is 11.9. The number of nitrogens with zero attached hydrogens (tertiary/aromatic N) is 3. The molecule has 0 spiro atoms. The lowest BCUT2D eigenvalue weighted by atomic mass is 10.1. The minimum absolute atomic E-state index is 0.0412. The Morgan fingerprint density at radius 2 is 1.88 bits per heavy atom. The van der Waals surface area contributed by atoms with Gasteiger partial charge in [-0.05, 0) is 32.3 Å². The molecule has 0 radical (unpaired) electrons. The van der Waals surface area contributed by atoms with E-state index in [2.05, 4.69) is 22.2 Å². The van der Waals surface area contributed by atoms with E-state index in [1.807, 2.05) is 38.1 Å². The Labute approximate surface area is 151 Å². The maximum Gasteiger partial charge on any atom is 0.306 e. The summed E-state index contributed by atoms with van der Waals surface area (Å²) in [4.78, 5) is 16.2. The molecule has 26 heavy (non-hydrogen) atoms. The Morgan fingerprint density at radius 3 is 2.54 bits per heavy atom. The molecule has 0 unspecified atom stereocenters. The molecule has 0 atom stereocenters. The van der Waals surface area contributed by atoms with Gasteiger partial charge in [0.25, 0.3) is 5.89 Å². The van der Waals surface area contributed by atoms with Crippen molar-refractivity contribution in [2.45, 2.75) is 46.6 Å². The van der Waals surface area contributed by atoms with E-state index in [1.54, 1.807) is 0 Å². The second-order valence-electron chi connectivity index (χ2n) is 6.03. The molecule has 0 aliphatic heterocycles. The lowest BCUT2D eigenvalue weighted by molar-refractivity contribution is -0.145. The van der Waals surface area contributed by atoms with Gasteiger partial charge in [0.2, 0.25) is 5.82 Å². The molecule has 3 rings (SSSR count). The van der Waals surface area contributed by atoms with Crippen LogP contribution in [0.4, 0.5) is 0 Å². The number of rotatable bonds is 7. The number of ether oxygens (including phenoxy) is 1. The highest BCUT2D eigenvalue weighted by molar-refractivity contribution is 5.69. The van der Waals surface area contributed by atoms with E-state index in [1.165, 1.54) is 5.56 Å². The average Bonchev–Trinajstić information content (AvgIpc) is 3.25. The summed E-state index contributed by atoms with van der Waals surface area (Å²) in [6.45, 7) is 5.74. The van der Waals surface area contributed by atoms with Crippen LogP contribution in [-0.2, 0) is 29.0 Å². The molecule has 7 heteroatoms. The molecule has 0 aliphatic rings. The monoisotopic (exact) mass is 355 g/mol. The summed E-state index contributed by atoms with van der Waals surface area (Å²) >= 11 is 0. The van der Waals surface area contributed by atoms with Gasteiger partial charge in [-0.2, -0.15) is 4.98 Å². The first-order valence-corrected chi connectivity index (χ1v) is 8.56. The van der Waals surface area contributed by atoms with Crippen LogP contribution in [0.5, 0.6) is 0 Å². The second-order valence-corrected chi connectivity index (χ2v) is 6.03. The SMILES string of the molecule is CCc1ccc(-c2noc(COC(=O)CCc3c(C)noc3C)n2)cc1. The van der Waals surface area contributed by atoms with Crippen LogP contribution in [0.25, 0.3) is 11.4 Å². The summed E-state index contributed by atoms with van der Waals surface area (Å²) < 4.78 is 15.4. The number of hydrogen-bond donors (Lipinski definition) is 0. The third-order valence-electron chi connectivity index (χ3n) is 4.21. The van der Waals surface area contributed by atoms with Crippen LogP contribution in [0, 0.1) is 13.8 Å². The Hall–Kier alpha value is -2.96. The lowest BCUT2D eigenvalue weighted by Gasteiger charge is -2.01. The Morgan fingerprint density at radius 1 is 1.12 bits per heavy atom. The van der Waals surface area contributed by atoms with Crippen molar-refractivity contribution >= 4 is 5.97 Å². The quantitative estimate of drug-likeness (QED) is 0.598. The molecule has 136 valence electrons. The molecular weight excluding hydrogens is 334 g/mol. The van der Waals surface area contributed by atoms with Crippen LogP contribution in [0.2, 0.25) is 0 Å². The Kier molecular flexibility index (Phi) is 5.46. The highest BCUT2D eigenvalue weighted by atomic mass is 16.6. The number of carbonyl (C=O) groups is 1. The molecule has 2 aromatic heterocycles. The van der Waals surface area contributed by atoms with Crippen molar-refractivity contribution in [3.8, 4) is 11.4 Å². The van der Waals surface area contributed by atoms with E-state index in [0.717, 1.165) is 29.0 Å². The molecule has 0 N–H and O–H groups in total. The van der Waals surface area contributed by atoms with E-state index in [-0.39, 0.29) is 24.9 Å². The number of hydrogen-bond acceptors (Lipinski definition) is 7. The zero-order valence-corrected chi connectivity index (χ0v) is 15.1. The van der Waals surface area contributed by atoms with Gasteiger partial charge in [0, 0.05) is 17.5 Å². The first-order chi connectivity index (χ1) is 12.6. The van der Waals surface area contributed by atoms with Crippen LogP contribution < -0.4 is 0 Å². The van der Waals surface area contributed by atoms with Crippen molar-refractivity contribution in [1.82, 2.24) is 15.3 Å². The average molecular weight is 355 g/mol. The van der Waals surface area contributed by atoms with Gasteiger partial charge >= 0.3 is 5.97 Å². The minimum atomic E-state index is -0.336. The second kappa shape index (κ2) is 7.95. The maximum atomic E-state index is 11.9. The largest absolute Gasteiger partial charge is 0.456 e. The molecule has 0 amide bonds. The summed E-state index contributed by atoms with van der Waals surface area (Å²) in [6.07, 6.45) is 1.74. The van der Waals surface area contributed by atoms with E-state index in [9.17, 15) is 4.79 Å². The van der Waals surface area contributed by atoms with Gasteiger partial charge in [0.05, 0.1) is 5.69 Å². The molecular formula is C19H21N3O4. The van der Waals surface area contributed by atoms with Gasteiger partial charge in [-0.3, -0.25) is 4.79 Å². The summed E-state index contributed by atoms with van der Waals surface area (Å²) in [6, 6.07) is 7.95. The van der Waals surface area contributed by atoms with Gasteiger partial charge in [0.15, 0.2) is 6.61 Å². The van der Waals surface area contributed by atoms with Crippen LogP contribution >= 0.6 is 0 Å². The number of aromatic nitrogens is 3. The predicted octanol–water partition coefficient (Wildman–Crippen LogP) is 3.58. The zero-order valence-electron chi connectivity index (χ0n) is 15.1. The summed E-state index contributed by atoms with van der Waals surface area (Å²) in [5.74, 6) is 1.14. The van der Waals surface area contributed by atoms with Gasteiger partial charge in [-0.1, -0.05) is 41.5 Å². The molecule has 0 fully saturated rings. The molecule has 0 saturated carbocycles. The van der Waals surface area contributed by atoms with Gasteiger partial charge < -0.3 is 13.8 Å². The predicted molar refractivity (Wildman–Crippen MR) is 93.2 cm³/mol. The third-order valence-corrected chi connectivity index (χ3v) is 4.21. The smallest absolute Gasteiger partial charge is 0.306 e. The normalized spacial score (nSPS) is 10.9. The lowest BCUT2D eigenvalue weighted by Crippen LogP contribution is -2.06. The highest BCUT2D eigenvalue weighted by Crippen LogP contribution is 2.18. The fraction of sp³-hybridized carbons (Fsp3) is 0.368. The van der Waals surface area contributed by atoms with Crippen LogP contribution in [-0.4, -0.2) is 21.3 Å². The van der Waals surface area contributed by atoms with Crippen molar-refractivity contribution < 1.29 is 18.6 Å². The van der Waals surface area contributed by atoms with Crippen molar-refractivity contribution in [2.24, 2.45) is 0 Å². The van der Waals surface area contributed by atoms with E-state index in [4.69, 9.17) is 13.8 Å². The van der Waals surface area contributed by atoms with Crippen molar-refractivity contribution in [3.63, 3.8) is 0 Å². The number of aryl methyl sites for hydroxylation is 3. The number of carbonyl (C=O) groups excluding carboxylic acids is 1. The fourth-order valence-electron chi connectivity index (χ4n) is 2.62. The summed E-state index contributed by atoms with van der Waals surface area (Å²) in [7, 11) is 0. The molecule has 1 aromatic carbocycles. The molecule has 0 bridgehead atoms.